The molecule has 3 rings (SSSR count). The average molecular weight is 247 g/mol. The van der Waals surface area contributed by atoms with Gasteiger partial charge in [0.15, 0.2) is 11.6 Å². The molecular weight excluding hydrogens is 233 g/mol. The molecule has 0 bridgehead atoms. The van der Waals surface area contributed by atoms with E-state index >= 15 is 0 Å². The van der Waals surface area contributed by atoms with Gasteiger partial charge in [0.1, 0.15) is 6.33 Å². The number of hydrogen-bond acceptors (Lipinski definition) is 4. The molecule has 18 heavy (non-hydrogen) atoms. The minimum atomic E-state index is -0.366. The first-order valence-corrected chi connectivity index (χ1v) is 5.95. The lowest BCUT2D eigenvalue weighted by Gasteiger charge is -2.17. The second-order valence-corrected chi connectivity index (χ2v) is 4.58. The number of anilines is 1. The Balaban J connectivity index is 1.78. The first-order valence-electron chi connectivity index (χ1n) is 5.95. The Morgan fingerprint density at radius 1 is 1.39 bits per heavy atom. The summed E-state index contributed by atoms with van der Waals surface area (Å²) >= 11 is 0. The molecular formula is C12H14FN5. The van der Waals surface area contributed by atoms with Gasteiger partial charge in [0, 0.05) is 19.3 Å². The number of aromatic nitrogens is 4. The summed E-state index contributed by atoms with van der Waals surface area (Å²) in [4.78, 5) is 9.61. The Labute approximate surface area is 104 Å². The summed E-state index contributed by atoms with van der Waals surface area (Å²) in [7, 11) is 0. The van der Waals surface area contributed by atoms with E-state index in [-0.39, 0.29) is 11.9 Å². The normalized spacial score (nSPS) is 19.4. The highest BCUT2D eigenvalue weighted by Gasteiger charge is 2.26. The van der Waals surface area contributed by atoms with Gasteiger partial charge in [-0.3, -0.25) is 4.68 Å². The fourth-order valence-corrected chi connectivity index (χ4v) is 2.32. The third kappa shape index (κ3) is 1.94. The number of rotatable bonds is 2. The maximum absolute atomic E-state index is 13.6. The van der Waals surface area contributed by atoms with Crippen molar-refractivity contribution in [1.29, 1.82) is 0 Å². The smallest absolute Gasteiger partial charge is 0.183 e. The summed E-state index contributed by atoms with van der Waals surface area (Å²) in [6, 6.07) is 0.285. The predicted molar refractivity (Wildman–Crippen MR) is 64.8 cm³/mol. The molecule has 0 saturated carbocycles. The Bertz CT molecular complexity index is 553. The van der Waals surface area contributed by atoms with Crippen LogP contribution in [0.25, 0.3) is 0 Å². The number of halogens is 1. The van der Waals surface area contributed by atoms with Crippen molar-refractivity contribution < 1.29 is 4.39 Å². The summed E-state index contributed by atoms with van der Waals surface area (Å²) in [5.74, 6) is 0.0196. The van der Waals surface area contributed by atoms with Gasteiger partial charge in [-0.05, 0) is 18.9 Å². The Kier molecular flexibility index (Phi) is 2.70. The van der Waals surface area contributed by atoms with Gasteiger partial charge in [-0.1, -0.05) is 0 Å². The molecule has 0 radical (unpaired) electrons. The summed E-state index contributed by atoms with van der Waals surface area (Å²) < 4.78 is 15.5. The molecule has 0 spiro atoms. The van der Waals surface area contributed by atoms with E-state index in [0.717, 1.165) is 25.1 Å². The molecule has 6 heteroatoms. The van der Waals surface area contributed by atoms with Crippen LogP contribution in [-0.2, 0) is 0 Å². The van der Waals surface area contributed by atoms with Crippen LogP contribution in [0.15, 0.2) is 24.9 Å². The lowest BCUT2D eigenvalue weighted by Crippen LogP contribution is -2.23. The van der Waals surface area contributed by atoms with Gasteiger partial charge in [-0.15, -0.1) is 0 Å². The SMILES string of the molecule is Cc1cnn(C2CCN(c3ncncc3F)C2)c1. The fraction of sp³-hybridized carbons (Fsp3) is 0.417. The van der Waals surface area contributed by atoms with Gasteiger partial charge < -0.3 is 4.90 Å². The quantitative estimate of drug-likeness (QED) is 0.808. The van der Waals surface area contributed by atoms with Gasteiger partial charge in [0.05, 0.1) is 18.4 Å². The van der Waals surface area contributed by atoms with Crippen LogP contribution in [0, 0.1) is 12.7 Å². The minimum absolute atomic E-state index is 0.285. The van der Waals surface area contributed by atoms with E-state index in [0.29, 0.717) is 5.82 Å². The largest absolute Gasteiger partial charge is 0.352 e. The molecule has 1 atom stereocenters. The van der Waals surface area contributed by atoms with Crippen molar-refractivity contribution in [3.63, 3.8) is 0 Å². The molecule has 3 heterocycles. The van der Waals surface area contributed by atoms with Crippen molar-refractivity contribution in [3.05, 3.63) is 36.3 Å². The second kappa shape index (κ2) is 4.36. The maximum Gasteiger partial charge on any atom is 0.183 e. The van der Waals surface area contributed by atoms with Crippen LogP contribution in [0.2, 0.25) is 0 Å². The lowest BCUT2D eigenvalue weighted by molar-refractivity contribution is 0.493. The highest BCUT2D eigenvalue weighted by Crippen LogP contribution is 2.26. The molecule has 1 aliphatic heterocycles. The van der Waals surface area contributed by atoms with Crippen LogP contribution in [-0.4, -0.2) is 32.8 Å². The maximum atomic E-state index is 13.6. The van der Waals surface area contributed by atoms with Gasteiger partial charge in [-0.25, -0.2) is 14.4 Å². The van der Waals surface area contributed by atoms with Crippen molar-refractivity contribution in [2.24, 2.45) is 0 Å². The Hall–Kier alpha value is -1.98. The van der Waals surface area contributed by atoms with Crippen LogP contribution >= 0.6 is 0 Å². The summed E-state index contributed by atoms with van der Waals surface area (Å²) in [6.45, 7) is 3.53. The molecule has 94 valence electrons. The molecule has 1 saturated heterocycles. The number of nitrogens with zero attached hydrogens (tertiary/aromatic N) is 5. The van der Waals surface area contributed by atoms with Gasteiger partial charge >= 0.3 is 0 Å². The summed E-state index contributed by atoms with van der Waals surface area (Å²) in [6.07, 6.45) is 7.39. The van der Waals surface area contributed by atoms with Crippen LogP contribution in [0.5, 0.6) is 0 Å². The molecule has 0 aromatic carbocycles. The van der Waals surface area contributed by atoms with E-state index in [9.17, 15) is 4.39 Å². The van der Waals surface area contributed by atoms with Crippen molar-refractivity contribution in [2.75, 3.05) is 18.0 Å². The molecule has 1 aliphatic rings. The van der Waals surface area contributed by atoms with Crippen LogP contribution in [0.1, 0.15) is 18.0 Å². The summed E-state index contributed by atoms with van der Waals surface area (Å²) in [5.41, 5.74) is 1.14. The third-order valence-electron chi connectivity index (χ3n) is 3.22. The standard InChI is InChI=1S/C12H14FN5/c1-9-4-16-18(6-9)10-2-3-17(7-10)12-11(13)5-14-8-15-12/h4-6,8,10H,2-3,7H2,1H3. The highest BCUT2D eigenvalue weighted by molar-refractivity contribution is 5.39. The highest BCUT2D eigenvalue weighted by atomic mass is 19.1. The fourth-order valence-electron chi connectivity index (χ4n) is 2.32. The number of aryl methyl sites for hydroxylation is 1. The zero-order valence-corrected chi connectivity index (χ0v) is 10.1. The van der Waals surface area contributed by atoms with Gasteiger partial charge in [-0.2, -0.15) is 5.10 Å². The molecule has 2 aromatic heterocycles. The van der Waals surface area contributed by atoms with Gasteiger partial charge in [0.25, 0.3) is 0 Å². The van der Waals surface area contributed by atoms with Crippen LogP contribution in [0.4, 0.5) is 10.2 Å². The van der Waals surface area contributed by atoms with E-state index in [1.807, 2.05) is 28.9 Å². The van der Waals surface area contributed by atoms with E-state index in [4.69, 9.17) is 0 Å². The first kappa shape index (κ1) is 11.1. The number of hydrogen-bond donors (Lipinski definition) is 0. The van der Waals surface area contributed by atoms with Crippen molar-refractivity contribution in [1.82, 2.24) is 19.7 Å². The van der Waals surface area contributed by atoms with E-state index in [1.165, 1.54) is 12.5 Å². The van der Waals surface area contributed by atoms with E-state index in [2.05, 4.69) is 15.1 Å². The topological polar surface area (TPSA) is 46.8 Å². The van der Waals surface area contributed by atoms with E-state index < -0.39 is 0 Å². The second-order valence-electron chi connectivity index (χ2n) is 4.58. The zero-order valence-electron chi connectivity index (χ0n) is 10.1. The molecule has 1 unspecified atom stereocenters. The average Bonchev–Trinajstić information content (AvgIpc) is 2.98. The molecule has 0 aliphatic carbocycles. The molecule has 2 aromatic rings. The van der Waals surface area contributed by atoms with Crippen LogP contribution in [0.3, 0.4) is 0 Å². The monoisotopic (exact) mass is 247 g/mol. The predicted octanol–water partition coefficient (Wildman–Crippen LogP) is 1.57. The molecule has 1 fully saturated rings. The minimum Gasteiger partial charge on any atom is -0.352 e. The van der Waals surface area contributed by atoms with Crippen molar-refractivity contribution in [2.45, 2.75) is 19.4 Å². The van der Waals surface area contributed by atoms with Crippen LogP contribution < -0.4 is 4.90 Å². The first-order chi connectivity index (χ1) is 8.74. The third-order valence-corrected chi connectivity index (χ3v) is 3.22. The van der Waals surface area contributed by atoms with Gasteiger partial charge in [0.2, 0.25) is 0 Å². The molecule has 0 N–H and O–H groups in total. The van der Waals surface area contributed by atoms with Crippen molar-refractivity contribution in [3.8, 4) is 0 Å². The summed E-state index contributed by atoms with van der Waals surface area (Å²) in [5, 5.41) is 4.31. The van der Waals surface area contributed by atoms with E-state index in [1.54, 1.807) is 0 Å². The Morgan fingerprint density at radius 3 is 3.00 bits per heavy atom. The molecule has 5 nitrogen and oxygen atoms in total. The lowest BCUT2D eigenvalue weighted by atomic mass is 10.3. The Morgan fingerprint density at radius 2 is 2.28 bits per heavy atom. The van der Waals surface area contributed by atoms with Crippen molar-refractivity contribution >= 4 is 5.82 Å². The molecule has 0 amide bonds. The zero-order chi connectivity index (χ0) is 12.5.